The SMILES string of the molecule is NC(=O)CC(N)C(=O)NC(Cc1c[nH]c2ccccc12)C(=O)NC(Cc1ccccc1)C(=O)NC(CC(N)=O)C(=O)O. The Kier molecular flexibility index (Phi) is 10.7. The predicted molar refractivity (Wildman–Crippen MR) is 151 cm³/mol. The summed E-state index contributed by atoms with van der Waals surface area (Å²) in [7, 11) is 0. The highest BCUT2D eigenvalue weighted by atomic mass is 16.4. The van der Waals surface area contributed by atoms with Crippen LogP contribution in [0, 0.1) is 0 Å². The van der Waals surface area contributed by atoms with Gasteiger partial charge in [0.15, 0.2) is 0 Å². The third-order valence-corrected chi connectivity index (χ3v) is 6.43. The quantitative estimate of drug-likeness (QED) is 0.106. The molecule has 0 spiro atoms. The molecule has 42 heavy (non-hydrogen) atoms. The van der Waals surface area contributed by atoms with Gasteiger partial charge in [-0.15, -0.1) is 0 Å². The summed E-state index contributed by atoms with van der Waals surface area (Å²) in [6.07, 6.45) is 0.489. The van der Waals surface area contributed by atoms with Gasteiger partial charge in [-0.1, -0.05) is 48.5 Å². The minimum Gasteiger partial charge on any atom is -0.480 e. The maximum absolute atomic E-state index is 13.6. The summed E-state index contributed by atoms with van der Waals surface area (Å²) in [6.45, 7) is 0. The maximum atomic E-state index is 13.6. The summed E-state index contributed by atoms with van der Waals surface area (Å²) in [5.74, 6) is -5.72. The van der Waals surface area contributed by atoms with E-state index in [1.807, 2.05) is 18.2 Å². The van der Waals surface area contributed by atoms with Crippen molar-refractivity contribution in [2.45, 2.75) is 49.9 Å². The van der Waals surface area contributed by atoms with Crippen LogP contribution in [0.2, 0.25) is 0 Å². The molecule has 0 aliphatic carbocycles. The fourth-order valence-electron chi connectivity index (χ4n) is 4.32. The van der Waals surface area contributed by atoms with Gasteiger partial charge in [0.25, 0.3) is 0 Å². The molecule has 4 atom stereocenters. The van der Waals surface area contributed by atoms with Crippen molar-refractivity contribution in [3.63, 3.8) is 0 Å². The molecule has 0 radical (unpaired) electrons. The number of benzene rings is 2. The zero-order valence-corrected chi connectivity index (χ0v) is 22.5. The summed E-state index contributed by atoms with van der Waals surface area (Å²) in [4.78, 5) is 77.0. The number of fused-ring (bicyclic) bond motifs is 1. The number of carboxylic acids is 1. The molecule has 11 N–H and O–H groups in total. The lowest BCUT2D eigenvalue weighted by Crippen LogP contribution is -2.58. The normalized spacial score (nSPS) is 13.7. The highest BCUT2D eigenvalue weighted by molar-refractivity contribution is 5.96. The number of primary amides is 2. The lowest BCUT2D eigenvalue weighted by atomic mass is 10.0. The van der Waals surface area contributed by atoms with Crippen LogP contribution in [0.15, 0.2) is 60.8 Å². The number of para-hydroxylation sites is 1. The largest absolute Gasteiger partial charge is 0.480 e. The first-order valence-corrected chi connectivity index (χ1v) is 13.0. The van der Waals surface area contributed by atoms with Gasteiger partial charge < -0.3 is 43.2 Å². The Balaban J connectivity index is 1.90. The van der Waals surface area contributed by atoms with Gasteiger partial charge in [-0.2, -0.15) is 0 Å². The lowest BCUT2D eigenvalue weighted by molar-refractivity contribution is -0.143. The van der Waals surface area contributed by atoms with Crippen molar-refractivity contribution < 1.29 is 33.9 Å². The second-order valence-electron chi connectivity index (χ2n) is 9.72. The molecular weight excluding hydrogens is 546 g/mol. The molecule has 222 valence electrons. The summed E-state index contributed by atoms with van der Waals surface area (Å²) in [5, 5.41) is 17.6. The smallest absolute Gasteiger partial charge is 0.326 e. The number of aliphatic carboxylic acids is 1. The number of aromatic amines is 1. The van der Waals surface area contributed by atoms with Crippen LogP contribution < -0.4 is 33.2 Å². The number of nitrogens with one attached hydrogen (secondary N) is 4. The number of carbonyl (C=O) groups excluding carboxylic acids is 5. The van der Waals surface area contributed by atoms with Gasteiger partial charge in [0.05, 0.1) is 18.9 Å². The molecule has 0 saturated carbocycles. The Bertz CT molecular complexity index is 1460. The van der Waals surface area contributed by atoms with E-state index in [1.54, 1.807) is 42.6 Å². The van der Waals surface area contributed by atoms with Gasteiger partial charge in [-0.05, 0) is 17.2 Å². The number of aromatic nitrogens is 1. The van der Waals surface area contributed by atoms with Gasteiger partial charge in [0.1, 0.15) is 18.1 Å². The van der Waals surface area contributed by atoms with Gasteiger partial charge in [0, 0.05) is 29.9 Å². The minimum absolute atomic E-state index is 0.0238. The summed E-state index contributed by atoms with van der Waals surface area (Å²) >= 11 is 0. The fourth-order valence-corrected chi connectivity index (χ4v) is 4.32. The molecule has 5 amide bonds. The molecule has 1 heterocycles. The van der Waals surface area contributed by atoms with E-state index >= 15 is 0 Å². The van der Waals surface area contributed by atoms with Crippen molar-refractivity contribution in [3.05, 3.63) is 71.9 Å². The number of carboxylic acid groups (broad SMARTS) is 1. The van der Waals surface area contributed by atoms with Crippen molar-refractivity contribution in [1.82, 2.24) is 20.9 Å². The van der Waals surface area contributed by atoms with Crippen molar-refractivity contribution in [3.8, 4) is 0 Å². The molecular formula is C28H33N7O7. The molecule has 0 saturated heterocycles. The van der Waals surface area contributed by atoms with Crippen LogP contribution in [-0.4, -0.2) is 69.8 Å². The van der Waals surface area contributed by atoms with Gasteiger partial charge in [-0.25, -0.2) is 4.79 Å². The molecule has 0 fully saturated rings. The van der Waals surface area contributed by atoms with E-state index in [4.69, 9.17) is 17.2 Å². The monoisotopic (exact) mass is 579 g/mol. The number of hydrogen-bond donors (Lipinski definition) is 8. The van der Waals surface area contributed by atoms with E-state index in [0.717, 1.165) is 10.9 Å². The molecule has 14 heteroatoms. The van der Waals surface area contributed by atoms with Crippen molar-refractivity contribution in [2.75, 3.05) is 0 Å². The number of rotatable bonds is 15. The molecule has 2 aromatic carbocycles. The number of carbonyl (C=O) groups is 6. The van der Waals surface area contributed by atoms with Crippen molar-refractivity contribution in [2.24, 2.45) is 17.2 Å². The van der Waals surface area contributed by atoms with E-state index < -0.39 is 72.5 Å². The van der Waals surface area contributed by atoms with Crippen LogP contribution >= 0.6 is 0 Å². The molecule has 4 unspecified atom stereocenters. The molecule has 14 nitrogen and oxygen atoms in total. The zero-order chi connectivity index (χ0) is 30.8. The molecule has 1 aromatic heterocycles. The Labute approximate surface area is 240 Å². The van der Waals surface area contributed by atoms with Crippen LogP contribution in [0.25, 0.3) is 10.9 Å². The predicted octanol–water partition coefficient (Wildman–Crippen LogP) is -1.43. The van der Waals surface area contributed by atoms with Crippen LogP contribution in [-0.2, 0) is 41.6 Å². The first-order valence-electron chi connectivity index (χ1n) is 13.0. The fraction of sp³-hybridized carbons (Fsp3) is 0.286. The number of H-pyrrole nitrogens is 1. The second kappa shape index (κ2) is 14.4. The number of hydrogen-bond acceptors (Lipinski definition) is 7. The second-order valence-corrected chi connectivity index (χ2v) is 9.72. The first kappa shape index (κ1) is 31.3. The average molecular weight is 580 g/mol. The van der Waals surface area contributed by atoms with Crippen molar-refractivity contribution in [1.29, 1.82) is 0 Å². The Hall–Kier alpha value is -5.24. The summed E-state index contributed by atoms with van der Waals surface area (Å²) < 4.78 is 0. The Morgan fingerprint density at radius 1 is 0.714 bits per heavy atom. The highest BCUT2D eigenvalue weighted by Crippen LogP contribution is 2.19. The number of nitrogens with two attached hydrogens (primary N) is 3. The van der Waals surface area contributed by atoms with E-state index in [0.29, 0.717) is 11.1 Å². The maximum Gasteiger partial charge on any atom is 0.326 e. The third kappa shape index (κ3) is 8.89. The van der Waals surface area contributed by atoms with Gasteiger partial charge in [0.2, 0.25) is 29.5 Å². The molecule has 0 aliphatic heterocycles. The minimum atomic E-state index is -1.63. The van der Waals surface area contributed by atoms with E-state index in [1.165, 1.54) is 0 Å². The Morgan fingerprint density at radius 3 is 1.88 bits per heavy atom. The van der Waals surface area contributed by atoms with E-state index in [-0.39, 0.29) is 12.8 Å². The summed E-state index contributed by atoms with van der Waals surface area (Å²) in [6, 6.07) is 10.4. The van der Waals surface area contributed by atoms with E-state index in [2.05, 4.69) is 20.9 Å². The topological polar surface area (TPSA) is 253 Å². The average Bonchev–Trinajstić information content (AvgIpc) is 3.34. The lowest BCUT2D eigenvalue weighted by Gasteiger charge is -2.25. The van der Waals surface area contributed by atoms with Gasteiger partial charge in [-0.3, -0.25) is 24.0 Å². The molecule has 3 aromatic rings. The number of amides is 5. The van der Waals surface area contributed by atoms with Gasteiger partial charge >= 0.3 is 5.97 Å². The molecule has 3 rings (SSSR count). The molecule has 0 aliphatic rings. The van der Waals surface area contributed by atoms with Crippen LogP contribution in [0.4, 0.5) is 0 Å². The third-order valence-electron chi connectivity index (χ3n) is 6.43. The zero-order valence-electron chi connectivity index (χ0n) is 22.5. The Morgan fingerprint density at radius 2 is 1.26 bits per heavy atom. The highest BCUT2D eigenvalue weighted by Gasteiger charge is 2.32. The first-order chi connectivity index (χ1) is 19.9. The van der Waals surface area contributed by atoms with Crippen LogP contribution in [0.1, 0.15) is 24.0 Å². The van der Waals surface area contributed by atoms with Crippen LogP contribution in [0.5, 0.6) is 0 Å². The van der Waals surface area contributed by atoms with E-state index in [9.17, 15) is 33.9 Å². The molecule has 0 bridgehead atoms. The van der Waals surface area contributed by atoms with Crippen molar-refractivity contribution >= 4 is 46.4 Å². The summed E-state index contributed by atoms with van der Waals surface area (Å²) in [5.41, 5.74) is 18.2. The standard InChI is InChI=1S/C28H33N7O7/c29-18(12-23(30)36)25(38)33-21(11-16-14-32-19-9-5-4-8-17(16)19)27(40)34-20(10-15-6-2-1-3-7-15)26(39)35-22(28(41)42)13-24(31)37/h1-9,14,18,20-22,32H,10-13,29H2,(H2,30,36)(H2,31,37)(H,33,38)(H,34,40)(H,35,39)(H,41,42). The van der Waals surface area contributed by atoms with Crippen LogP contribution in [0.3, 0.4) is 0 Å².